The van der Waals surface area contributed by atoms with E-state index in [1.54, 1.807) is 0 Å². The number of nitrogens with zero attached hydrogens (tertiary/aromatic N) is 1. The summed E-state index contributed by atoms with van der Waals surface area (Å²) < 4.78 is 0.468. The zero-order valence-electron chi connectivity index (χ0n) is 17.8. The van der Waals surface area contributed by atoms with Crippen LogP contribution < -0.4 is 5.32 Å². The molecule has 2 amide bonds. The van der Waals surface area contributed by atoms with Gasteiger partial charge in [0.2, 0.25) is 11.8 Å². The Hall–Kier alpha value is -1.92. The molecule has 0 aromatic heterocycles. The Kier molecular flexibility index (Phi) is 7.97. The molecule has 2 fully saturated rings. The number of anilines is 1. The van der Waals surface area contributed by atoms with Crippen LogP contribution in [0.3, 0.4) is 0 Å². The molecule has 0 unspecified atom stereocenters. The van der Waals surface area contributed by atoms with E-state index in [0.717, 1.165) is 24.9 Å². The Morgan fingerprint density at radius 3 is 2.45 bits per heavy atom. The van der Waals surface area contributed by atoms with E-state index >= 15 is 0 Å². The van der Waals surface area contributed by atoms with Crippen LogP contribution in [0.25, 0.3) is 0 Å². The number of piperidine rings is 1. The highest BCUT2D eigenvalue weighted by molar-refractivity contribution is 8.16. The lowest BCUT2D eigenvalue weighted by atomic mass is 9.95. The molecule has 0 saturated carbocycles. The molecule has 2 aliphatic rings. The quantitative estimate of drug-likeness (QED) is 0.638. The van der Waals surface area contributed by atoms with Crippen molar-refractivity contribution in [1.82, 2.24) is 4.90 Å². The molecule has 0 radical (unpaired) electrons. The van der Waals surface area contributed by atoms with Gasteiger partial charge >= 0.3 is 0 Å². The maximum Gasteiger partial charge on any atom is 0.227 e. The Morgan fingerprint density at radius 1 is 0.968 bits per heavy atom. The van der Waals surface area contributed by atoms with Gasteiger partial charge in [0, 0.05) is 31.1 Å². The predicted molar refractivity (Wildman–Crippen MR) is 131 cm³/mol. The first kappa shape index (κ1) is 22.3. The van der Waals surface area contributed by atoms with Gasteiger partial charge in [-0.15, -0.1) is 23.5 Å². The van der Waals surface area contributed by atoms with Crippen LogP contribution in [0.4, 0.5) is 5.69 Å². The fraction of sp³-hybridized carbons (Fsp3) is 0.440. The molecule has 4 rings (SSSR count). The third-order valence-electron chi connectivity index (χ3n) is 5.94. The van der Waals surface area contributed by atoms with Crippen molar-refractivity contribution >= 4 is 41.0 Å². The van der Waals surface area contributed by atoms with Crippen molar-refractivity contribution in [3.05, 3.63) is 65.7 Å². The van der Waals surface area contributed by atoms with Crippen LogP contribution in [0.2, 0.25) is 0 Å². The monoisotopic (exact) mass is 454 g/mol. The number of hydrogen-bond acceptors (Lipinski definition) is 4. The van der Waals surface area contributed by atoms with E-state index in [1.807, 2.05) is 58.8 Å². The minimum absolute atomic E-state index is 0.0275. The normalized spacial score (nSPS) is 18.0. The fourth-order valence-electron chi connectivity index (χ4n) is 4.13. The van der Waals surface area contributed by atoms with E-state index in [9.17, 15) is 9.59 Å². The van der Waals surface area contributed by atoms with Gasteiger partial charge in [-0.25, -0.2) is 0 Å². The predicted octanol–water partition coefficient (Wildman–Crippen LogP) is 5.37. The second-order valence-corrected chi connectivity index (χ2v) is 10.9. The van der Waals surface area contributed by atoms with Crippen molar-refractivity contribution in [3.63, 3.8) is 0 Å². The van der Waals surface area contributed by atoms with Crippen molar-refractivity contribution in [2.45, 2.75) is 36.7 Å². The van der Waals surface area contributed by atoms with Crippen LogP contribution in [0.15, 0.2) is 54.6 Å². The zero-order valence-corrected chi connectivity index (χ0v) is 19.4. The Balaban J connectivity index is 1.24. The lowest BCUT2D eigenvalue weighted by molar-refractivity contribution is -0.134. The number of carbonyl (C=O) groups excluding carboxylic acids is 2. The van der Waals surface area contributed by atoms with E-state index in [-0.39, 0.29) is 17.7 Å². The second kappa shape index (κ2) is 11.1. The lowest BCUT2D eigenvalue weighted by Crippen LogP contribution is -2.41. The van der Waals surface area contributed by atoms with Gasteiger partial charge in [0.05, 0.1) is 4.58 Å². The summed E-state index contributed by atoms with van der Waals surface area (Å²) in [5.74, 6) is 2.66. The topological polar surface area (TPSA) is 49.4 Å². The Labute approximate surface area is 193 Å². The number of nitrogens with one attached hydrogen (secondary N) is 1. The molecular weight excluding hydrogens is 424 g/mol. The first-order valence-corrected chi connectivity index (χ1v) is 13.2. The van der Waals surface area contributed by atoms with Crippen LogP contribution in [0.1, 0.15) is 41.4 Å². The number of aryl methyl sites for hydroxylation is 1. The van der Waals surface area contributed by atoms with E-state index in [4.69, 9.17) is 0 Å². The van der Waals surface area contributed by atoms with Gasteiger partial charge in [0.1, 0.15) is 0 Å². The minimum Gasteiger partial charge on any atom is -0.343 e. The Bertz CT molecular complexity index is 876. The summed E-state index contributed by atoms with van der Waals surface area (Å²) in [5, 5.41) is 3.12. The molecule has 4 nitrogen and oxygen atoms in total. The number of hydrogen-bond donors (Lipinski definition) is 1. The van der Waals surface area contributed by atoms with Gasteiger partial charge in [-0.05, 0) is 60.4 Å². The highest BCUT2D eigenvalue weighted by atomic mass is 32.2. The lowest BCUT2D eigenvalue weighted by Gasteiger charge is -2.31. The van der Waals surface area contributed by atoms with Gasteiger partial charge in [-0.3, -0.25) is 9.59 Å². The summed E-state index contributed by atoms with van der Waals surface area (Å²) in [7, 11) is 0. The summed E-state index contributed by atoms with van der Waals surface area (Å²) in [5.41, 5.74) is 3.36. The molecule has 164 valence electrons. The fourth-order valence-corrected chi connectivity index (χ4v) is 7.01. The maximum atomic E-state index is 12.8. The molecule has 0 bridgehead atoms. The first-order chi connectivity index (χ1) is 15.2. The first-order valence-electron chi connectivity index (χ1n) is 11.1. The molecule has 6 heteroatoms. The van der Waals surface area contributed by atoms with Crippen molar-refractivity contribution in [1.29, 1.82) is 0 Å². The highest BCUT2D eigenvalue weighted by Gasteiger charge is 2.27. The molecule has 1 N–H and O–H groups in total. The van der Waals surface area contributed by atoms with E-state index in [1.165, 1.54) is 29.1 Å². The molecule has 0 atom stereocenters. The number of rotatable bonds is 6. The van der Waals surface area contributed by atoms with Crippen molar-refractivity contribution in [2.24, 2.45) is 5.92 Å². The molecule has 0 spiro atoms. The molecule has 2 aromatic carbocycles. The van der Waals surface area contributed by atoms with Gasteiger partial charge in [-0.2, -0.15) is 0 Å². The SMILES string of the molecule is O=C(Nc1cccc(C2SCCCS2)c1)C1CCN(C(=O)CCc2ccccc2)CC1. The van der Waals surface area contributed by atoms with E-state index in [0.29, 0.717) is 24.1 Å². The van der Waals surface area contributed by atoms with Crippen LogP contribution in [0.5, 0.6) is 0 Å². The summed E-state index contributed by atoms with van der Waals surface area (Å²) in [6.07, 6.45) is 4.04. The third kappa shape index (κ3) is 6.30. The number of amides is 2. The summed E-state index contributed by atoms with van der Waals surface area (Å²) in [4.78, 5) is 27.3. The number of benzene rings is 2. The van der Waals surface area contributed by atoms with Gasteiger partial charge in [0.15, 0.2) is 0 Å². The Morgan fingerprint density at radius 2 is 1.71 bits per heavy atom. The van der Waals surface area contributed by atoms with Crippen LogP contribution in [-0.4, -0.2) is 41.3 Å². The molecule has 0 aliphatic carbocycles. The van der Waals surface area contributed by atoms with Crippen LogP contribution in [-0.2, 0) is 16.0 Å². The van der Waals surface area contributed by atoms with Gasteiger partial charge in [-0.1, -0.05) is 42.5 Å². The van der Waals surface area contributed by atoms with Crippen molar-refractivity contribution in [2.75, 3.05) is 29.9 Å². The molecule has 2 heterocycles. The zero-order chi connectivity index (χ0) is 21.5. The molecular formula is C25H30N2O2S2. The van der Waals surface area contributed by atoms with Crippen molar-refractivity contribution in [3.8, 4) is 0 Å². The summed E-state index contributed by atoms with van der Waals surface area (Å²) >= 11 is 3.98. The van der Waals surface area contributed by atoms with Gasteiger partial charge in [0.25, 0.3) is 0 Å². The van der Waals surface area contributed by atoms with Crippen LogP contribution >= 0.6 is 23.5 Å². The molecule has 2 aromatic rings. The van der Waals surface area contributed by atoms with Crippen LogP contribution in [0, 0.1) is 5.92 Å². The van der Waals surface area contributed by atoms with Crippen molar-refractivity contribution < 1.29 is 9.59 Å². The highest BCUT2D eigenvalue weighted by Crippen LogP contribution is 2.44. The minimum atomic E-state index is -0.0275. The number of likely N-dealkylation sites (tertiary alicyclic amines) is 1. The maximum absolute atomic E-state index is 12.8. The standard InChI is InChI=1S/C25H30N2O2S2/c28-23(11-10-19-6-2-1-3-7-19)27-14-12-20(13-15-27)24(29)26-22-9-4-8-21(18-22)25-30-16-5-17-31-25/h1-4,6-9,18,20,25H,5,10-17H2,(H,26,29). The largest absolute Gasteiger partial charge is 0.343 e. The average Bonchev–Trinajstić information content (AvgIpc) is 2.84. The molecule has 31 heavy (non-hydrogen) atoms. The molecule has 2 aliphatic heterocycles. The third-order valence-corrected chi connectivity index (χ3v) is 8.96. The number of thioether (sulfide) groups is 2. The smallest absolute Gasteiger partial charge is 0.227 e. The van der Waals surface area contributed by atoms with E-state index in [2.05, 4.69) is 29.6 Å². The summed E-state index contributed by atoms with van der Waals surface area (Å²) in [6.45, 7) is 1.34. The average molecular weight is 455 g/mol. The van der Waals surface area contributed by atoms with Gasteiger partial charge < -0.3 is 10.2 Å². The number of carbonyl (C=O) groups is 2. The summed E-state index contributed by atoms with van der Waals surface area (Å²) in [6, 6.07) is 18.4. The van der Waals surface area contributed by atoms with E-state index < -0.39 is 0 Å². The second-order valence-electron chi connectivity index (χ2n) is 8.18. The molecule has 2 saturated heterocycles.